The van der Waals surface area contributed by atoms with Gasteiger partial charge in [0.2, 0.25) is 0 Å². The lowest BCUT2D eigenvalue weighted by Crippen LogP contribution is -1.95. The number of aryl methyl sites for hydroxylation is 1. The van der Waals surface area contributed by atoms with E-state index in [4.69, 9.17) is 0 Å². The first kappa shape index (κ1) is 10.8. The average molecular weight is 165 g/mol. The standard InChI is InChI=1S/C8H9NO.C2H6/c1-6-3-4-9-8(5-6)7(2)10;1-2/h3-5H,1-2H3;1-2H3. The number of rotatable bonds is 1. The molecule has 0 aliphatic carbocycles. The zero-order chi connectivity index (χ0) is 9.56. The number of hydrogen-bond acceptors (Lipinski definition) is 2. The second-order valence-corrected chi connectivity index (χ2v) is 2.27. The van der Waals surface area contributed by atoms with Crippen molar-refractivity contribution in [3.8, 4) is 0 Å². The van der Waals surface area contributed by atoms with Crippen molar-refractivity contribution in [3.63, 3.8) is 0 Å². The molecule has 66 valence electrons. The lowest BCUT2D eigenvalue weighted by Gasteiger charge is -1.93. The van der Waals surface area contributed by atoms with Crippen LogP contribution < -0.4 is 0 Å². The van der Waals surface area contributed by atoms with Crippen molar-refractivity contribution >= 4 is 5.78 Å². The van der Waals surface area contributed by atoms with Crippen molar-refractivity contribution in [2.24, 2.45) is 0 Å². The number of pyridine rings is 1. The second-order valence-electron chi connectivity index (χ2n) is 2.27. The van der Waals surface area contributed by atoms with Gasteiger partial charge in [0.15, 0.2) is 5.78 Å². The molecule has 0 fully saturated rings. The van der Waals surface area contributed by atoms with Crippen LogP contribution in [0, 0.1) is 6.92 Å². The molecular formula is C10H15NO. The van der Waals surface area contributed by atoms with E-state index >= 15 is 0 Å². The largest absolute Gasteiger partial charge is 0.293 e. The first-order valence-corrected chi connectivity index (χ1v) is 4.14. The Morgan fingerprint density at radius 2 is 2.00 bits per heavy atom. The fourth-order valence-electron chi connectivity index (χ4n) is 0.729. The number of carbonyl (C=O) groups excluding carboxylic acids is 1. The molecule has 0 N–H and O–H groups in total. The second kappa shape index (κ2) is 5.47. The van der Waals surface area contributed by atoms with Gasteiger partial charge >= 0.3 is 0 Å². The molecule has 0 unspecified atom stereocenters. The Morgan fingerprint density at radius 1 is 1.42 bits per heavy atom. The minimum absolute atomic E-state index is 0.0173. The molecule has 2 heteroatoms. The summed E-state index contributed by atoms with van der Waals surface area (Å²) < 4.78 is 0. The molecule has 0 atom stereocenters. The lowest BCUT2D eigenvalue weighted by molar-refractivity contribution is 0.101. The molecule has 0 spiro atoms. The zero-order valence-corrected chi connectivity index (χ0v) is 8.09. The van der Waals surface area contributed by atoms with Crippen molar-refractivity contribution in [2.45, 2.75) is 27.7 Å². The summed E-state index contributed by atoms with van der Waals surface area (Å²) in [6.45, 7) is 7.45. The summed E-state index contributed by atoms with van der Waals surface area (Å²) in [5.41, 5.74) is 1.61. The van der Waals surface area contributed by atoms with Crippen LogP contribution in [0.1, 0.15) is 36.8 Å². The monoisotopic (exact) mass is 165 g/mol. The van der Waals surface area contributed by atoms with Gasteiger partial charge in [0.05, 0.1) is 0 Å². The van der Waals surface area contributed by atoms with Crippen molar-refractivity contribution < 1.29 is 4.79 Å². The molecule has 1 aromatic heterocycles. The Kier molecular flexibility index (Phi) is 4.93. The minimum Gasteiger partial charge on any atom is -0.293 e. The van der Waals surface area contributed by atoms with E-state index in [0.717, 1.165) is 5.56 Å². The first-order chi connectivity index (χ1) is 5.70. The minimum atomic E-state index is 0.0173. The molecule has 1 rings (SSSR count). The maximum Gasteiger partial charge on any atom is 0.178 e. The third-order valence-corrected chi connectivity index (χ3v) is 1.28. The fraction of sp³-hybridized carbons (Fsp3) is 0.400. The number of hydrogen-bond donors (Lipinski definition) is 0. The summed E-state index contributed by atoms with van der Waals surface area (Å²) in [7, 11) is 0. The topological polar surface area (TPSA) is 30.0 Å². The number of aromatic nitrogens is 1. The van der Waals surface area contributed by atoms with Crippen LogP contribution >= 0.6 is 0 Å². The van der Waals surface area contributed by atoms with Crippen LogP contribution in [0.5, 0.6) is 0 Å². The van der Waals surface area contributed by atoms with Gasteiger partial charge in [-0.25, -0.2) is 0 Å². The molecule has 1 aromatic rings. The molecule has 0 saturated carbocycles. The van der Waals surface area contributed by atoms with E-state index in [-0.39, 0.29) is 5.78 Å². The Labute approximate surface area is 73.6 Å². The van der Waals surface area contributed by atoms with Gasteiger partial charge in [0.1, 0.15) is 5.69 Å². The van der Waals surface area contributed by atoms with Crippen LogP contribution in [0.4, 0.5) is 0 Å². The van der Waals surface area contributed by atoms with E-state index < -0.39 is 0 Å². The maximum atomic E-state index is 10.7. The normalized spacial score (nSPS) is 8.33. The van der Waals surface area contributed by atoms with Crippen LogP contribution in [-0.4, -0.2) is 10.8 Å². The van der Waals surface area contributed by atoms with E-state index in [1.807, 2.05) is 26.8 Å². The maximum absolute atomic E-state index is 10.7. The van der Waals surface area contributed by atoms with Gasteiger partial charge in [-0.1, -0.05) is 13.8 Å². The van der Waals surface area contributed by atoms with E-state index in [2.05, 4.69) is 4.98 Å². The van der Waals surface area contributed by atoms with Crippen LogP contribution in [0.3, 0.4) is 0 Å². The van der Waals surface area contributed by atoms with Crippen molar-refractivity contribution in [3.05, 3.63) is 29.6 Å². The Hall–Kier alpha value is -1.18. The third-order valence-electron chi connectivity index (χ3n) is 1.28. The van der Waals surface area contributed by atoms with Gasteiger partial charge in [-0.2, -0.15) is 0 Å². The Balaban J connectivity index is 0.000000561. The lowest BCUT2D eigenvalue weighted by atomic mass is 10.2. The molecule has 0 radical (unpaired) electrons. The molecule has 1 heterocycles. The number of Topliss-reactive ketones (excluding diaryl/α,β-unsaturated/α-hetero) is 1. The SMILES string of the molecule is CC.CC(=O)c1cc(C)ccn1. The highest BCUT2D eigenvalue weighted by Gasteiger charge is 1.97. The van der Waals surface area contributed by atoms with Gasteiger partial charge < -0.3 is 0 Å². The predicted octanol–water partition coefficient (Wildman–Crippen LogP) is 2.62. The van der Waals surface area contributed by atoms with E-state index in [9.17, 15) is 4.79 Å². The summed E-state index contributed by atoms with van der Waals surface area (Å²) in [6.07, 6.45) is 1.64. The van der Waals surface area contributed by atoms with Crippen LogP contribution in [0.25, 0.3) is 0 Å². The van der Waals surface area contributed by atoms with E-state index in [0.29, 0.717) is 5.69 Å². The summed E-state index contributed by atoms with van der Waals surface area (Å²) in [6, 6.07) is 3.65. The molecule has 0 bridgehead atoms. The van der Waals surface area contributed by atoms with Gasteiger partial charge in [-0.3, -0.25) is 9.78 Å². The molecule has 0 aromatic carbocycles. The fourth-order valence-corrected chi connectivity index (χ4v) is 0.729. The highest BCUT2D eigenvalue weighted by atomic mass is 16.1. The Morgan fingerprint density at radius 3 is 2.33 bits per heavy atom. The van der Waals surface area contributed by atoms with Crippen molar-refractivity contribution in [1.29, 1.82) is 0 Å². The number of carbonyl (C=O) groups is 1. The van der Waals surface area contributed by atoms with Crippen molar-refractivity contribution in [2.75, 3.05) is 0 Å². The molecule has 0 saturated heterocycles. The van der Waals surface area contributed by atoms with E-state index in [1.165, 1.54) is 6.92 Å². The van der Waals surface area contributed by atoms with Gasteiger partial charge in [0, 0.05) is 13.1 Å². The molecule has 2 nitrogen and oxygen atoms in total. The van der Waals surface area contributed by atoms with Crippen LogP contribution in [-0.2, 0) is 0 Å². The number of nitrogens with zero attached hydrogens (tertiary/aromatic N) is 1. The number of ketones is 1. The predicted molar refractivity (Wildman–Crippen MR) is 50.3 cm³/mol. The molecule has 0 aliphatic heterocycles. The molecular weight excluding hydrogens is 150 g/mol. The average Bonchev–Trinajstić information content (AvgIpc) is 2.08. The highest BCUT2D eigenvalue weighted by Crippen LogP contribution is 1.99. The summed E-state index contributed by atoms with van der Waals surface area (Å²) in [5.74, 6) is 0.0173. The van der Waals surface area contributed by atoms with Crippen molar-refractivity contribution in [1.82, 2.24) is 4.98 Å². The van der Waals surface area contributed by atoms with Gasteiger partial charge in [0.25, 0.3) is 0 Å². The van der Waals surface area contributed by atoms with Crippen LogP contribution in [0.15, 0.2) is 18.3 Å². The summed E-state index contributed by atoms with van der Waals surface area (Å²) in [5, 5.41) is 0. The smallest absolute Gasteiger partial charge is 0.178 e. The van der Waals surface area contributed by atoms with Crippen LogP contribution in [0.2, 0.25) is 0 Å². The molecule has 0 aliphatic rings. The quantitative estimate of drug-likeness (QED) is 0.599. The zero-order valence-electron chi connectivity index (χ0n) is 8.09. The first-order valence-electron chi connectivity index (χ1n) is 4.14. The van der Waals surface area contributed by atoms with E-state index in [1.54, 1.807) is 12.3 Å². The molecule has 0 amide bonds. The Bertz CT molecular complexity index is 256. The van der Waals surface area contributed by atoms with Gasteiger partial charge in [-0.15, -0.1) is 0 Å². The molecule has 12 heavy (non-hydrogen) atoms. The third kappa shape index (κ3) is 3.28. The van der Waals surface area contributed by atoms with Gasteiger partial charge in [-0.05, 0) is 24.6 Å². The highest BCUT2D eigenvalue weighted by molar-refractivity contribution is 5.92. The summed E-state index contributed by atoms with van der Waals surface area (Å²) in [4.78, 5) is 14.6. The summed E-state index contributed by atoms with van der Waals surface area (Å²) >= 11 is 0.